The van der Waals surface area contributed by atoms with Crippen LogP contribution in [0, 0.1) is 6.92 Å². The normalized spacial score (nSPS) is 16.9. The van der Waals surface area contributed by atoms with Crippen LogP contribution >= 0.6 is 0 Å². The molecule has 16 heavy (non-hydrogen) atoms. The van der Waals surface area contributed by atoms with Crippen LogP contribution in [0.4, 0.5) is 5.69 Å². The van der Waals surface area contributed by atoms with E-state index in [-0.39, 0.29) is 0 Å². The van der Waals surface area contributed by atoms with Crippen molar-refractivity contribution in [1.29, 1.82) is 0 Å². The summed E-state index contributed by atoms with van der Waals surface area (Å²) in [5, 5.41) is 0. The lowest BCUT2D eigenvalue weighted by Gasteiger charge is -2.31. The standard InChI is InChI=1S/C12H14N2O2/c1-9-4-3-5-10(8-9)14-7-6-13(2)11(15)12(14)16/h3-5,8H,6-7H2,1-2H3. The van der Waals surface area contributed by atoms with Gasteiger partial charge >= 0.3 is 11.8 Å². The summed E-state index contributed by atoms with van der Waals surface area (Å²) in [6.07, 6.45) is 0. The first-order valence-electron chi connectivity index (χ1n) is 5.23. The molecule has 1 saturated heterocycles. The summed E-state index contributed by atoms with van der Waals surface area (Å²) in [5.41, 5.74) is 1.88. The zero-order valence-corrected chi connectivity index (χ0v) is 9.43. The molecular formula is C12H14N2O2. The van der Waals surface area contributed by atoms with Crippen molar-refractivity contribution in [2.24, 2.45) is 0 Å². The molecule has 1 fully saturated rings. The lowest BCUT2D eigenvalue weighted by Crippen LogP contribution is -2.53. The minimum absolute atomic E-state index is 0.437. The van der Waals surface area contributed by atoms with Crippen LogP contribution in [0.1, 0.15) is 5.56 Å². The Morgan fingerprint density at radius 3 is 2.56 bits per heavy atom. The molecule has 1 heterocycles. The van der Waals surface area contributed by atoms with Crippen LogP contribution in [0.15, 0.2) is 24.3 Å². The second kappa shape index (κ2) is 3.96. The third kappa shape index (κ3) is 1.78. The molecule has 4 heteroatoms. The fourth-order valence-corrected chi connectivity index (χ4v) is 1.77. The van der Waals surface area contributed by atoms with E-state index in [2.05, 4.69) is 0 Å². The molecule has 0 N–H and O–H groups in total. The topological polar surface area (TPSA) is 40.6 Å². The number of likely N-dealkylation sites (N-methyl/N-ethyl adjacent to an activating group) is 1. The van der Waals surface area contributed by atoms with Gasteiger partial charge in [0.2, 0.25) is 0 Å². The summed E-state index contributed by atoms with van der Waals surface area (Å²) in [5.74, 6) is -0.882. The Bertz CT molecular complexity index is 442. The number of aryl methyl sites for hydroxylation is 1. The van der Waals surface area contributed by atoms with E-state index >= 15 is 0 Å². The summed E-state index contributed by atoms with van der Waals surface area (Å²) in [7, 11) is 1.65. The highest BCUT2D eigenvalue weighted by molar-refractivity contribution is 6.40. The summed E-state index contributed by atoms with van der Waals surface area (Å²) < 4.78 is 0. The second-order valence-corrected chi connectivity index (χ2v) is 4.02. The number of carbonyl (C=O) groups excluding carboxylic acids is 2. The predicted molar refractivity (Wildman–Crippen MR) is 61.2 cm³/mol. The molecule has 1 aromatic rings. The third-order valence-electron chi connectivity index (χ3n) is 2.75. The molecule has 1 aliphatic rings. The number of anilines is 1. The van der Waals surface area contributed by atoms with Gasteiger partial charge in [-0.2, -0.15) is 0 Å². The predicted octanol–water partition coefficient (Wildman–Crippen LogP) is 0.800. The molecule has 0 saturated carbocycles. The maximum absolute atomic E-state index is 11.8. The molecule has 0 spiro atoms. The van der Waals surface area contributed by atoms with Crippen LogP contribution in [0.25, 0.3) is 0 Å². The third-order valence-corrected chi connectivity index (χ3v) is 2.75. The Hall–Kier alpha value is -1.84. The Kier molecular flexibility index (Phi) is 2.64. The van der Waals surface area contributed by atoms with Gasteiger partial charge in [-0.05, 0) is 24.6 Å². The van der Waals surface area contributed by atoms with Crippen molar-refractivity contribution in [3.8, 4) is 0 Å². The lowest BCUT2D eigenvalue weighted by molar-refractivity contribution is -0.145. The number of nitrogens with zero attached hydrogens (tertiary/aromatic N) is 2. The monoisotopic (exact) mass is 218 g/mol. The first kappa shape index (κ1) is 10.7. The maximum atomic E-state index is 11.8. The molecule has 2 rings (SSSR count). The molecule has 0 aliphatic carbocycles. The molecule has 2 amide bonds. The van der Waals surface area contributed by atoms with Gasteiger partial charge in [-0.3, -0.25) is 9.59 Å². The van der Waals surface area contributed by atoms with E-state index in [0.717, 1.165) is 11.3 Å². The van der Waals surface area contributed by atoms with Gasteiger partial charge in [0.05, 0.1) is 0 Å². The lowest BCUT2D eigenvalue weighted by atomic mass is 10.2. The van der Waals surface area contributed by atoms with Gasteiger partial charge in [0.15, 0.2) is 0 Å². The smallest absolute Gasteiger partial charge is 0.316 e. The molecule has 1 aliphatic heterocycles. The van der Waals surface area contributed by atoms with E-state index in [9.17, 15) is 9.59 Å². The minimum atomic E-state index is -0.445. The summed E-state index contributed by atoms with van der Waals surface area (Å²) in [6.45, 7) is 3.11. The van der Waals surface area contributed by atoms with E-state index in [0.29, 0.717) is 13.1 Å². The Balaban J connectivity index is 2.29. The number of hydrogen-bond donors (Lipinski definition) is 0. The number of rotatable bonds is 1. The van der Waals surface area contributed by atoms with Crippen molar-refractivity contribution in [3.63, 3.8) is 0 Å². The van der Waals surface area contributed by atoms with Gasteiger partial charge in [-0.1, -0.05) is 12.1 Å². The number of carbonyl (C=O) groups is 2. The number of piperazine rings is 1. The van der Waals surface area contributed by atoms with Gasteiger partial charge in [-0.15, -0.1) is 0 Å². The second-order valence-electron chi connectivity index (χ2n) is 4.02. The highest BCUT2D eigenvalue weighted by Gasteiger charge is 2.30. The summed E-state index contributed by atoms with van der Waals surface area (Å²) in [4.78, 5) is 26.3. The molecule has 1 aromatic carbocycles. The molecule has 84 valence electrons. The Morgan fingerprint density at radius 2 is 1.88 bits per heavy atom. The molecular weight excluding hydrogens is 204 g/mol. The highest BCUT2D eigenvalue weighted by atomic mass is 16.2. The van der Waals surface area contributed by atoms with Crippen molar-refractivity contribution in [1.82, 2.24) is 4.90 Å². The van der Waals surface area contributed by atoms with E-state index in [1.54, 1.807) is 7.05 Å². The zero-order chi connectivity index (χ0) is 11.7. The average molecular weight is 218 g/mol. The van der Waals surface area contributed by atoms with Crippen LogP contribution in [0.5, 0.6) is 0 Å². The van der Waals surface area contributed by atoms with Crippen molar-refractivity contribution in [2.75, 3.05) is 25.0 Å². The largest absolute Gasteiger partial charge is 0.336 e. The van der Waals surface area contributed by atoms with E-state index < -0.39 is 11.8 Å². The van der Waals surface area contributed by atoms with Crippen molar-refractivity contribution >= 4 is 17.5 Å². The van der Waals surface area contributed by atoms with Crippen LogP contribution in [-0.4, -0.2) is 36.9 Å². The van der Waals surface area contributed by atoms with Crippen molar-refractivity contribution < 1.29 is 9.59 Å². The number of hydrogen-bond acceptors (Lipinski definition) is 2. The van der Waals surface area contributed by atoms with Crippen LogP contribution in [0.2, 0.25) is 0 Å². The quantitative estimate of drug-likeness (QED) is 0.654. The maximum Gasteiger partial charge on any atom is 0.316 e. The summed E-state index contributed by atoms with van der Waals surface area (Å²) in [6, 6.07) is 7.62. The molecule has 0 bridgehead atoms. The fraction of sp³-hybridized carbons (Fsp3) is 0.333. The molecule has 0 unspecified atom stereocenters. The highest BCUT2D eigenvalue weighted by Crippen LogP contribution is 2.18. The number of amides is 2. The van der Waals surface area contributed by atoms with Gasteiger partial charge in [-0.25, -0.2) is 0 Å². The van der Waals surface area contributed by atoms with Gasteiger partial charge in [0, 0.05) is 25.8 Å². The van der Waals surface area contributed by atoms with Crippen molar-refractivity contribution in [2.45, 2.75) is 6.92 Å². The molecule has 4 nitrogen and oxygen atoms in total. The van der Waals surface area contributed by atoms with E-state index in [4.69, 9.17) is 0 Å². The average Bonchev–Trinajstić information content (AvgIpc) is 2.26. The first-order chi connectivity index (χ1) is 7.59. The van der Waals surface area contributed by atoms with Gasteiger partial charge in [0.25, 0.3) is 0 Å². The Morgan fingerprint density at radius 1 is 1.12 bits per heavy atom. The van der Waals surface area contributed by atoms with Crippen LogP contribution < -0.4 is 4.90 Å². The van der Waals surface area contributed by atoms with E-state index in [1.165, 1.54) is 9.80 Å². The minimum Gasteiger partial charge on any atom is -0.336 e. The first-order valence-corrected chi connectivity index (χ1v) is 5.23. The SMILES string of the molecule is Cc1cccc(N2CCN(C)C(=O)C2=O)c1. The van der Waals surface area contributed by atoms with Crippen molar-refractivity contribution in [3.05, 3.63) is 29.8 Å². The van der Waals surface area contributed by atoms with Gasteiger partial charge < -0.3 is 9.80 Å². The zero-order valence-electron chi connectivity index (χ0n) is 9.43. The molecule has 0 atom stereocenters. The van der Waals surface area contributed by atoms with Crippen LogP contribution in [-0.2, 0) is 9.59 Å². The van der Waals surface area contributed by atoms with Crippen LogP contribution in [0.3, 0.4) is 0 Å². The Labute approximate surface area is 94.5 Å². The molecule has 0 aromatic heterocycles. The number of benzene rings is 1. The summed E-state index contributed by atoms with van der Waals surface area (Å²) >= 11 is 0. The van der Waals surface area contributed by atoms with E-state index in [1.807, 2.05) is 31.2 Å². The molecule has 0 radical (unpaired) electrons. The van der Waals surface area contributed by atoms with Gasteiger partial charge in [0.1, 0.15) is 0 Å². The fourth-order valence-electron chi connectivity index (χ4n) is 1.77.